The molecule has 3 aliphatic rings. The first-order valence-electron chi connectivity index (χ1n) is 8.54. The number of ketones is 1. The Bertz CT molecular complexity index is 644. The molecule has 1 N–H and O–H groups in total. The standard InChI is InChI=1S/C19H23NO3/c1-22-16-5-2-12(3-6-16)18(21)13-4-7-17-15(10-13)11-14-8-9-23-19(14)20-17/h4,7,10-12,16,19-20H,2-3,5-6,8-9H2,1H3. The van der Waals surface area contributed by atoms with Crippen LogP contribution in [0.4, 0.5) is 5.69 Å². The van der Waals surface area contributed by atoms with Crippen LogP contribution in [-0.2, 0) is 9.47 Å². The van der Waals surface area contributed by atoms with Gasteiger partial charge in [0.1, 0.15) is 6.23 Å². The van der Waals surface area contributed by atoms with Crippen LogP contribution in [0, 0.1) is 5.92 Å². The average Bonchev–Trinajstić information content (AvgIpc) is 3.06. The molecule has 122 valence electrons. The van der Waals surface area contributed by atoms with Crippen LogP contribution in [0.25, 0.3) is 6.08 Å². The number of rotatable bonds is 3. The smallest absolute Gasteiger partial charge is 0.165 e. The van der Waals surface area contributed by atoms with Crippen LogP contribution in [0.5, 0.6) is 0 Å². The molecule has 2 fully saturated rings. The second-order valence-corrected chi connectivity index (χ2v) is 6.74. The molecule has 0 radical (unpaired) electrons. The van der Waals surface area contributed by atoms with Gasteiger partial charge in [-0.15, -0.1) is 0 Å². The van der Waals surface area contributed by atoms with E-state index in [-0.39, 0.29) is 17.9 Å². The zero-order chi connectivity index (χ0) is 15.8. The largest absolute Gasteiger partial charge is 0.381 e. The molecule has 0 bridgehead atoms. The Morgan fingerprint density at radius 3 is 2.87 bits per heavy atom. The highest BCUT2D eigenvalue weighted by Gasteiger charge is 2.29. The van der Waals surface area contributed by atoms with Gasteiger partial charge in [0, 0.05) is 24.3 Å². The van der Waals surface area contributed by atoms with Gasteiger partial charge in [0.2, 0.25) is 0 Å². The Morgan fingerprint density at radius 2 is 2.09 bits per heavy atom. The van der Waals surface area contributed by atoms with E-state index in [2.05, 4.69) is 11.4 Å². The lowest BCUT2D eigenvalue weighted by Gasteiger charge is -2.27. The molecule has 1 atom stereocenters. The van der Waals surface area contributed by atoms with Gasteiger partial charge >= 0.3 is 0 Å². The van der Waals surface area contributed by atoms with Crippen LogP contribution in [0.1, 0.15) is 48.0 Å². The average molecular weight is 313 g/mol. The van der Waals surface area contributed by atoms with E-state index in [1.165, 1.54) is 5.57 Å². The van der Waals surface area contributed by atoms with E-state index in [4.69, 9.17) is 9.47 Å². The Morgan fingerprint density at radius 1 is 1.26 bits per heavy atom. The quantitative estimate of drug-likeness (QED) is 0.866. The molecule has 1 saturated heterocycles. The molecule has 2 heterocycles. The molecule has 4 rings (SSSR count). The maximum atomic E-state index is 12.8. The molecule has 23 heavy (non-hydrogen) atoms. The normalized spacial score (nSPS) is 29.3. The molecule has 2 aliphatic heterocycles. The van der Waals surface area contributed by atoms with Gasteiger partial charge in [-0.25, -0.2) is 0 Å². The van der Waals surface area contributed by atoms with Gasteiger partial charge in [-0.05, 0) is 67.5 Å². The van der Waals surface area contributed by atoms with Gasteiger partial charge in [0.05, 0.1) is 12.7 Å². The van der Waals surface area contributed by atoms with Gasteiger partial charge < -0.3 is 14.8 Å². The van der Waals surface area contributed by atoms with Gasteiger partial charge in [0.15, 0.2) is 5.78 Å². The van der Waals surface area contributed by atoms with Crippen molar-refractivity contribution < 1.29 is 14.3 Å². The van der Waals surface area contributed by atoms with Gasteiger partial charge in [-0.3, -0.25) is 4.79 Å². The Labute approximate surface area is 136 Å². The van der Waals surface area contributed by atoms with E-state index in [0.717, 1.165) is 55.5 Å². The van der Waals surface area contributed by atoms with E-state index in [9.17, 15) is 4.79 Å². The van der Waals surface area contributed by atoms with Gasteiger partial charge in [0.25, 0.3) is 0 Å². The van der Waals surface area contributed by atoms with Crippen molar-refractivity contribution in [1.82, 2.24) is 0 Å². The number of hydrogen-bond acceptors (Lipinski definition) is 4. The molecule has 4 nitrogen and oxygen atoms in total. The van der Waals surface area contributed by atoms with E-state index in [1.807, 2.05) is 18.2 Å². The summed E-state index contributed by atoms with van der Waals surface area (Å²) in [5, 5.41) is 3.40. The zero-order valence-electron chi connectivity index (χ0n) is 13.5. The summed E-state index contributed by atoms with van der Waals surface area (Å²) in [6.45, 7) is 0.770. The van der Waals surface area contributed by atoms with Crippen LogP contribution >= 0.6 is 0 Å². The number of methoxy groups -OCH3 is 1. The maximum Gasteiger partial charge on any atom is 0.165 e. The first-order chi connectivity index (χ1) is 11.2. The Hall–Kier alpha value is -1.65. The molecular formula is C19H23NO3. The summed E-state index contributed by atoms with van der Waals surface area (Å²) in [5.41, 5.74) is 4.28. The van der Waals surface area contributed by atoms with Crippen LogP contribution in [-0.4, -0.2) is 31.8 Å². The van der Waals surface area contributed by atoms with E-state index in [0.29, 0.717) is 6.10 Å². The lowest BCUT2D eigenvalue weighted by Crippen LogP contribution is -2.26. The van der Waals surface area contributed by atoms with Crippen LogP contribution in [0.15, 0.2) is 23.8 Å². The summed E-state index contributed by atoms with van der Waals surface area (Å²) < 4.78 is 11.0. The second-order valence-electron chi connectivity index (χ2n) is 6.74. The summed E-state index contributed by atoms with van der Waals surface area (Å²) in [5.74, 6) is 0.428. The number of nitrogens with one attached hydrogen (secondary N) is 1. The van der Waals surface area contributed by atoms with Crippen molar-refractivity contribution in [2.75, 3.05) is 19.0 Å². The number of hydrogen-bond donors (Lipinski definition) is 1. The lowest BCUT2D eigenvalue weighted by molar-refractivity contribution is 0.0519. The molecule has 4 heteroatoms. The highest BCUT2D eigenvalue weighted by Crippen LogP contribution is 2.34. The number of benzene rings is 1. The fourth-order valence-corrected chi connectivity index (χ4v) is 3.92. The number of Topliss-reactive ketones (excluding diaryl/α,β-unsaturated/α-hetero) is 1. The minimum Gasteiger partial charge on any atom is -0.381 e. The summed E-state index contributed by atoms with van der Waals surface area (Å²) in [4.78, 5) is 12.8. The SMILES string of the molecule is COC1CCC(C(=O)c2ccc3c(c2)C=C2CCOC2N3)CC1. The number of carbonyl (C=O) groups excluding carboxylic acids is 1. The summed E-state index contributed by atoms with van der Waals surface area (Å²) in [6, 6.07) is 6.00. The summed E-state index contributed by atoms with van der Waals surface area (Å²) in [6.07, 6.45) is 7.35. The van der Waals surface area contributed by atoms with Crippen LogP contribution in [0.3, 0.4) is 0 Å². The second kappa shape index (κ2) is 6.10. The molecule has 1 aliphatic carbocycles. The number of carbonyl (C=O) groups is 1. The maximum absolute atomic E-state index is 12.8. The van der Waals surface area contributed by atoms with E-state index >= 15 is 0 Å². The molecule has 0 aromatic heterocycles. The molecule has 1 aromatic rings. The zero-order valence-corrected chi connectivity index (χ0v) is 13.5. The van der Waals surface area contributed by atoms with Crippen molar-refractivity contribution in [3.63, 3.8) is 0 Å². The molecular weight excluding hydrogens is 290 g/mol. The fraction of sp³-hybridized carbons (Fsp3) is 0.526. The first-order valence-corrected chi connectivity index (χ1v) is 8.54. The van der Waals surface area contributed by atoms with Crippen molar-refractivity contribution in [2.45, 2.75) is 44.4 Å². The predicted octanol–water partition coefficient (Wildman–Crippen LogP) is 3.63. The third-order valence-electron chi connectivity index (χ3n) is 5.35. The van der Waals surface area contributed by atoms with Gasteiger partial charge in [-0.2, -0.15) is 0 Å². The first kappa shape index (κ1) is 14.9. The monoisotopic (exact) mass is 313 g/mol. The Balaban J connectivity index is 1.53. The molecule has 0 amide bonds. The van der Waals surface area contributed by atoms with Crippen molar-refractivity contribution >= 4 is 17.5 Å². The number of anilines is 1. The molecule has 1 saturated carbocycles. The van der Waals surface area contributed by atoms with Crippen molar-refractivity contribution in [3.8, 4) is 0 Å². The third kappa shape index (κ3) is 2.81. The molecule has 0 spiro atoms. The lowest BCUT2D eigenvalue weighted by atomic mass is 9.82. The van der Waals surface area contributed by atoms with E-state index < -0.39 is 0 Å². The minimum atomic E-state index is 0.0216. The summed E-state index contributed by atoms with van der Waals surface area (Å²) in [7, 11) is 1.76. The topological polar surface area (TPSA) is 47.6 Å². The van der Waals surface area contributed by atoms with E-state index in [1.54, 1.807) is 7.11 Å². The van der Waals surface area contributed by atoms with Gasteiger partial charge in [-0.1, -0.05) is 0 Å². The minimum absolute atomic E-state index is 0.0216. The number of ether oxygens (including phenoxy) is 2. The highest BCUT2D eigenvalue weighted by molar-refractivity contribution is 5.99. The van der Waals surface area contributed by atoms with Crippen molar-refractivity contribution in [2.24, 2.45) is 5.92 Å². The predicted molar refractivity (Wildman–Crippen MR) is 89.5 cm³/mol. The van der Waals surface area contributed by atoms with Crippen LogP contribution in [0.2, 0.25) is 0 Å². The third-order valence-corrected chi connectivity index (χ3v) is 5.35. The fourth-order valence-electron chi connectivity index (χ4n) is 3.92. The molecule has 1 unspecified atom stereocenters. The Kier molecular flexibility index (Phi) is 3.95. The van der Waals surface area contributed by atoms with Crippen LogP contribution < -0.4 is 5.32 Å². The van der Waals surface area contributed by atoms with Crippen molar-refractivity contribution in [3.05, 3.63) is 34.9 Å². The summed E-state index contributed by atoms with van der Waals surface area (Å²) >= 11 is 0. The highest BCUT2D eigenvalue weighted by atomic mass is 16.5. The number of fused-ring (bicyclic) bond motifs is 2. The molecule has 1 aromatic carbocycles. The van der Waals surface area contributed by atoms with Crippen molar-refractivity contribution in [1.29, 1.82) is 0 Å².